The first kappa shape index (κ1) is 16.7. The first-order chi connectivity index (χ1) is 12.8. The zero-order valence-electron chi connectivity index (χ0n) is 14.6. The van der Waals surface area contributed by atoms with E-state index in [4.69, 9.17) is 18.6 Å². The van der Waals surface area contributed by atoms with E-state index >= 15 is 0 Å². The number of benzene rings is 2. The van der Waals surface area contributed by atoms with E-state index in [1.54, 1.807) is 18.2 Å². The number of hydrogen-bond acceptors (Lipinski definition) is 5. The Hall–Kier alpha value is -2.79. The lowest BCUT2D eigenvalue weighted by atomic mass is 10.0. The Balaban J connectivity index is 1.76. The van der Waals surface area contributed by atoms with Crippen LogP contribution in [-0.2, 0) is 4.74 Å². The van der Waals surface area contributed by atoms with Crippen molar-refractivity contribution in [2.75, 3.05) is 13.7 Å². The molecule has 1 aromatic heterocycles. The van der Waals surface area contributed by atoms with Gasteiger partial charge >= 0.3 is 0 Å². The molecule has 3 aromatic rings. The Morgan fingerprint density at radius 3 is 2.65 bits per heavy atom. The summed E-state index contributed by atoms with van der Waals surface area (Å²) in [5.74, 6) is 0.807. The van der Waals surface area contributed by atoms with Crippen LogP contribution in [0.25, 0.3) is 22.1 Å². The maximum Gasteiger partial charge on any atom is 0.296 e. The van der Waals surface area contributed by atoms with Crippen LogP contribution < -0.4 is 14.9 Å². The molecule has 134 valence electrons. The molecule has 1 aliphatic rings. The van der Waals surface area contributed by atoms with Gasteiger partial charge in [0.15, 0.2) is 6.29 Å². The maximum absolute atomic E-state index is 13.0. The van der Waals surface area contributed by atoms with Crippen LogP contribution in [0.4, 0.5) is 0 Å². The summed E-state index contributed by atoms with van der Waals surface area (Å²) < 4.78 is 22.7. The van der Waals surface area contributed by atoms with Gasteiger partial charge in [-0.15, -0.1) is 0 Å². The zero-order valence-corrected chi connectivity index (χ0v) is 14.6. The van der Waals surface area contributed by atoms with Crippen LogP contribution in [0.5, 0.6) is 11.7 Å². The van der Waals surface area contributed by atoms with E-state index in [9.17, 15) is 4.79 Å². The lowest BCUT2D eigenvalue weighted by molar-refractivity contribution is -0.105. The molecule has 5 nitrogen and oxygen atoms in total. The van der Waals surface area contributed by atoms with Crippen LogP contribution in [0.15, 0.2) is 57.7 Å². The van der Waals surface area contributed by atoms with Gasteiger partial charge in [0.1, 0.15) is 16.9 Å². The third-order valence-electron chi connectivity index (χ3n) is 4.48. The van der Waals surface area contributed by atoms with Crippen molar-refractivity contribution in [2.45, 2.75) is 25.6 Å². The summed E-state index contributed by atoms with van der Waals surface area (Å²) in [6.45, 7) is 0.710. The molecule has 0 N–H and O–H groups in total. The summed E-state index contributed by atoms with van der Waals surface area (Å²) in [6.07, 6.45) is 2.75. The van der Waals surface area contributed by atoms with E-state index in [2.05, 4.69) is 0 Å². The maximum atomic E-state index is 13.0. The predicted molar refractivity (Wildman–Crippen MR) is 98.7 cm³/mol. The van der Waals surface area contributed by atoms with Crippen molar-refractivity contribution in [3.63, 3.8) is 0 Å². The fourth-order valence-electron chi connectivity index (χ4n) is 3.18. The second-order valence-electron chi connectivity index (χ2n) is 6.24. The predicted octanol–water partition coefficient (Wildman–Crippen LogP) is 4.37. The van der Waals surface area contributed by atoms with Crippen molar-refractivity contribution in [3.8, 4) is 22.8 Å². The molecule has 1 aliphatic heterocycles. The quantitative estimate of drug-likeness (QED) is 0.698. The van der Waals surface area contributed by atoms with Crippen molar-refractivity contribution in [1.82, 2.24) is 0 Å². The van der Waals surface area contributed by atoms with E-state index in [1.165, 1.54) is 7.11 Å². The number of rotatable bonds is 4. The number of hydrogen-bond donors (Lipinski definition) is 0. The van der Waals surface area contributed by atoms with E-state index in [0.717, 1.165) is 24.8 Å². The smallest absolute Gasteiger partial charge is 0.296 e. The third kappa shape index (κ3) is 3.18. The molecule has 2 aromatic carbocycles. The Bertz CT molecular complexity index is 955. The van der Waals surface area contributed by atoms with Gasteiger partial charge in [0.05, 0.1) is 19.1 Å². The molecule has 1 unspecified atom stereocenters. The molecule has 0 radical (unpaired) electrons. The second-order valence-corrected chi connectivity index (χ2v) is 6.24. The van der Waals surface area contributed by atoms with Crippen molar-refractivity contribution in [3.05, 3.63) is 58.8 Å². The molecule has 0 aliphatic carbocycles. The average Bonchev–Trinajstić information content (AvgIpc) is 2.69. The SMILES string of the molecule is COc1oc2cc(OC3CCCCO3)ccc2c(=O)c1-c1ccccc1. The highest BCUT2D eigenvalue weighted by Crippen LogP contribution is 2.32. The molecule has 5 heteroatoms. The number of fused-ring (bicyclic) bond motifs is 1. The summed E-state index contributed by atoms with van der Waals surface area (Å²) in [4.78, 5) is 13.0. The Morgan fingerprint density at radius 1 is 1.08 bits per heavy atom. The van der Waals surface area contributed by atoms with Crippen LogP contribution in [0.3, 0.4) is 0 Å². The first-order valence-electron chi connectivity index (χ1n) is 8.75. The Labute approximate surface area is 151 Å². The van der Waals surface area contributed by atoms with Gasteiger partial charge in [-0.1, -0.05) is 30.3 Å². The van der Waals surface area contributed by atoms with Gasteiger partial charge in [0, 0.05) is 12.5 Å². The number of methoxy groups -OCH3 is 1. The highest BCUT2D eigenvalue weighted by atomic mass is 16.7. The molecule has 0 spiro atoms. The number of ether oxygens (including phenoxy) is 3. The molecule has 1 fully saturated rings. The normalized spacial score (nSPS) is 17.2. The van der Waals surface area contributed by atoms with Crippen LogP contribution in [0.2, 0.25) is 0 Å². The van der Waals surface area contributed by atoms with Gasteiger partial charge in [-0.05, 0) is 30.5 Å². The van der Waals surface area contributed by atoms with Crippen molar-refractivity contribution in [1.29, 1.82) is 0 Å². The van der Waals surface area contributed by atoms with E-state index in [-0.39, 0.29) is 17.7 Å². The molecular weight excluding hydrogens is 332 g/mol. The van der Waals surface area contributed by atoms with Crippen LogP contribution >= 0.6 is 0 Å². The fourth-order valence-corrected chi connectivity index (χ4v) is 3.18. The topological polar surface area (TPSA) is 57.9 Å². The second kappa shape index (κ2) is 7.22. The Kier molecular flexibility index (Phi) is 4.63. The minimum Gasteiger partial charge on any atom is -0.468 e. The minimum atomic E-state index is -0.251. The molecule has 0 bridgehead atoms. The summed E-state index contributed by atoms with van der Waals surface area (Å²) in [6, 6.07) is 14.6. The highest BCUT2D eigenvalue weighted by molar-refractivity contribution is 5.84. The molecule has 2 heterocycles. The minimum absolute atomic E-state index is 0.130. The zero-order chi connectivity index (χ0) is 17.9. The van der Waals surface area contributed by atoms with Crippen LogP contribution in [0.1, 0.15) is 19.3 Å². The first-order valence-corrected chi connectivity index (χ1v) is 8.75. The molecule has 26 heavy (non-hydrogen) atoms. The van der Waals surface area contributed by atoms with E-state index < -0.39 is 0 Å². The molecule has 1 saturated heterocycles. The van der Waals surface area contributed by atoms with Gasteiger partial charge in [-0.3, -0.25) is 4.79 Å². The van der Waals surface area contributed by atoms with Crippen molar-refractivity contribution < 1.29 is 18.6 Å². The summed E-state index contributed by atoms with van der Waals surface area (Å²) >= 11 is 0. The molecule has 0 saturated carbocycles. The molecule has 1 atom stereocenters. The van der Waals surface area contributed by atoms with Gasteiger partial charge in [-0.25, -0.2) is 0 Å². The van der Waals surface area contributed by atoms with Crippen molar-refractivity contribution >= 4 is 11.0 Å². The van der Waals surface area contributed by atoms with Crippen molar-refractivity contribution in [2.24, 2.45) is 0 Å². The van der Waals surface area contributed by atoms with Gasteiger partial charge < -0.3 is 18.6 Å². The molecule has 4 rings (SSSR count). The lowest BCUT2D eigenvalue weighted by Gasteiger charge is -2.23. The molecular formula is C21H20O5. The Morgan fingerprint density at radius 2 is 1.92 bits per heavy atom. The monoisotopic (exact) mass is 352 g/mol. The summed E-state index contributed by atoms with van der Waals surface area (Å²) in [5.41, 5.74) is 1.48. The van der Waals surface area contributed by atoms with Gasteiger partial charge in [0.25, 0.3) is 5.95 Å². The van der Waals surface area contributed by atoms with Gasteiger partial charge in [-0.2, -0.15) is 0 Å². The summed E-state index contributed by atoms with van der Waals surface area (Å²) in [7, 11) is 1.49. The lowest BCUT2D eigenvalue weighted by Crippen LogP contribution is -2.24. The standard InChI is InChI=1S/C21H20O5/c1-23-21-19(14-7-3-2-4-8-14)20(22)16-11-10-15(13-17(16)26-21)25-18-9-5-6-12-24-18/h2-4,7-8,10-11,13,18H,5-6,9,12H2,1H3. The average molecular weight is 352 g/mol. The summed E-state index contributed by atoms with van der Waals surface area (Å²) in [5, 5.41) is 0.488. The third-order valence-corrected chi connectivity index (χ3v) is 4.48. The van der Waals surface area contributed by atoms with Gasteiger partial charge in [0.2, 0.25) is 5.43 Å². The van der Waals surface area contributed by atoms with E-state index in [1.807, 2.05) is 30.3 Å². The highest BCUT2D eigenvalue weighted by Gasteiger charge is 2.19. The van der Waals surface area contributed by atoms with Crippen LogP contribution in [0, 0.1) is 0 Å². The van der Waals surface area contributed by atoms with E-state index in [0.29, 0.717) is 28.9 Å². The largest absolute Gasteiger partial charge is 0.468 e. The fraction of sp³-hybridized carbons (Fsp3) is 0.286. The molecule has 0 amide bonds. The van der Waals surface area contributed by atoms with Crippen LogP contribution in [-0.4, -0.2) is 20.0 Å².